The van der Waals surface area contributed by atoms with Gasteiger partial charge in [0.05, 0.1) is 12.6 Å². The van der Waals surface area contributed by atoms with Crippen molar-refractivity contribution >= 4 is 5.78 Å². The maximum Gasteiger partial charge on any atom is 0.164 e. The minimum absolute atomic E-state index is 0.0159. The van der Waals surface area contributed by atoms with E-state index < -0.39 is 6.04 Å². The summed E-state index contributed by atoms with van der Waals surface area (Å²) in [6.45, 7) is 4.64. The zero-order valence-corrected chi connectivity index (χ0v) is 7.84. The van der Waals surface area contributed by atoms with E-state index in [1.165, 1.54) is 0 Å². The van der Waals surface area contributed by atoms with Crippen LogP contribution in [0.15, 0.2) is 0 Å². The molecule has 0 aliphatic carbocycles. The second-order valence-electron chi connectivity index (χ2n) is 3.00. The fourth-order valence-corrected chi connectivity index (χ4v) is 0.682. The highest BCUT2D eigenvalue weighted by atomic mass is 16.1. The SMILES string of the molecule is CCC(C)NCC(=O)C(N)CN. The summed E-state index contributed by atoms with van der Waals surface area (Å²) in [6.07, 6.45) is 1.01. The van der Waals surface area contributed by atoms with Gasteiger partial charge in [-0.3, -0.25) is 4.79 Å². The van der Waals surface area contributed by atoms with Crippen molar-refractivity contribution in [2.24, 2.45) is 11.5 Å². The number of nitrogens with two attached hydrogens (primary N) is 2. The van der Waals surface area contributed by atoms with Crippen LogP contribution in [0.4, 0.5) is 0 Å². The molecule has 0 fully saturated rings. The Bertz CT molecular complexity index is 138. The van der Waals surface area contributed by atoms with Crippen molar-refractivity contribution in [3.63, 3.8) is 0 Å². The molecule has 72 valence electrons. The van der Waals surface area contributed by atoms with E-state index in [4.69, 9.17) is 11.5 Å². The first kappa shape index (κ1) is 11.6. The van der Waals surface area contributed by atoms with E-state index in [2.05, 4.69) is 12.2 Å². The van der Waals surface area contributed by atoms with E-state index in [1.807, 2.05) is 6.92 Å². The van der Waals surface area contributed by atoms with E-state index >= 15 is 0 Å². The molecule has 0 saturated carbocycles. The van der Waals surface area contributed by atoms with Crippen molar-refractivity contribution in [3.05, 3.63) is 0 Å². The Labute approximate surface area is 73.7 Å². The minimum atomic E-state index is -0.512. The number of rotatable bonds is 6. The fourth-order valence-electron chi connectivity index (χ4n) is 0.682. The predicted octanol–water partition coefficient (Wildman–Crippen LogP) is -0.770. The monoisotopic (exact) mass is 173 g/mol. The molecule has 0 amide bonds. The standard InChI is InChI=1S/C8H19N3O/c1-3-6(2)11-5-8(12)7(10)4-9/h6-7,11H,3-5,9-10H2,1-2H3. The number of nitrogens with one attached hydrogen (secondary N) is 1. The Morgan fingerprint density at radius 1 is 1.58 bits per heavy atom. The fraction of sp³-hybridized carbons (Fsp3) is 0.875. The Balaban J connectivity index is 3.56. The number of carbonyl (C=O) groups excluding carboxylic acids is 1. The lowest BCUT2D eigenvalue weighted by Gasteiger charge is -2.12. The normalized spacial score (nSPS) is 15.7. The van der Waals surface area contributed by atoms with Gasteiger partial charge in [-0.15, -0.1) is 0 Å². The van der Waals surface area contributed by atoms with E-state index in [0.29, 0.717) is 12.6 Å². The quantitative estimate of drug-likeness (QED) is 0.492. The molecular weight excluding hydrogens is 154 g/mol. The first-order chi connectivity index (χ1) is 5.61. The Kier molecular flexibility index (Phi) is 5.88. The highest BCUT2D eigenvalue weighted by molar-refractivity contribution is 5.85. The average molecular weight is 173 g/mol. The molecule has 0 rings (SSSR count). The molecule has 2 unspecified atom stereocenters. The molecule has 0 radical (unpaired) electrons. The third-order valence-electron chi connectivity index (χ3n) is 1.90. The number of hydrogen-bond acceptors (Lipinski definition) is 4. The highest BCUT2D eigenvalue weighted by Crippen LogP contribution is 1.87. The van der Waals surface area contributed by atoms with Crippen LogP contribution in [-0.4, -0.2) is 31.0 Å². The number of Topliss-reactive ketones (excluding diaryl/α,β-unsaturated/α-hetero) is 1. The lowest BCUT2D eigenvalue weighted by atomic mass is 10.2. The molecule has 4 nitrogen and oxygen atoms in total. The van der Waals surface area contributed by atoms with Crippen LogP contribution < -0.4 is 16.8 Å². The molecular formula is C8H19N3O. The molecule has 0 aromatic rings. The largest absolute Gasteiger partial charge is 0.328 e. The van der Waals surface area contributed by atoms with Gasteiger partial charge in [-0.05, 0) is 13.3 Å². The first-order valence-electron chi connectivity index (χ1n) is 4.33. The summed E-state index contributed by atoms with van der Waals surface area (Å²) in [5, 5.41) is 3.06. The summed E-state index contributed by atoms with van der Waals surface area (Å²) >= 11 is 0. The van der Waals surface area contributed by atoms with Crippen LogP contribution in [0.2, 0.25) is 0 Å². The minimum Gasteiger partial charge on any atom is -0.328 e. The number of carbonyl (C=O) groups is 1. The molecule has 0 bridgehead atoms. The van der Waals surface area contributed by atoms with Gasteiger partial charge in [0.2, 0.25) is 0 Å². The van der Waals surface area contributed by atoms with Crippen molar-refractivity contribution in [3.8, 4) is 0 Å². The molecule has 0 saturated heterocycles. The van der Waals surface area contributed by atoms with Crippen LogP contribution in [0.1, 0.15) is 20.3 Å². The number of hydrogen-bond donors (Lipinski definition) is 3. The first-order valence-corrected chi connectivity index (χ1v) is 4.33. The van der Waals surface area contributed by atoms with Gasteiger partial charge in [0, 0.05) is 12.6 Å². The lowest BCUT2D eigenvalue weighted by Crippen LogP contribution is -2.44. The molecule has 5 N–H and O–H groups in total. The molecule has 2 atom stereocenters. The molecule has 4 heteroatoms. The van der Waals surface area contributed by atoms with Crippen molar-refractivity contribution < 1.29 is 4.79 Å². The van der Waals surface area contributed by atoms with Crippen LogP contribution in [0.5, 0.6) is 0 Å². The van der Waals surface area contributed by atoms with Crippen molar-refractivity contribution in [2.75, 3.05) is 13.1 Å². The van der Waals surface area contributed by atoms with Gasteiger partial charge < -0.3 is 16.8 Å². The molecule has 0 aromatic heterocycles. The molecule has 0 aliphatic rings. The van der Waals surface area contributed by atoms with Gasteiger partial charge in [0.15, 0.2) is 5.78 Å². The summed E-state index contributed by atoms with van der Waals surface area (Å²) in [4.78, 5) is 11.1. The molecule has 0 spiro atoms. The summed E-state index contributed by atoms with van der Waals surface area (Å²) in [5.74, 6) is -0.0159. The summed E-state index contributed by atoms with van der Waals surface area (Å²) in [5.41, 5.74) is 10.7. The van der Waals surface area contributed by atoms with Crippen LogP contribution >= 0.6 is 0 Å². The second-order valence-corrected chi connectivity index (χ2v) is 3.00. The Morgan fingerprint density at radius 3 is 2.58 bits per heavy atom. The summed E-state index contributed by atoms with van der Waals surface area (Å²) in [6, 6.07) is -0.152. The maximum absolute atomic E-state index is 11.1. The molecule has 0 aliphatic heterocycles. The summed E-state index contributed by atoms with van der Waals surface area (Å²) < 4.78 is 0. The van der Waals surface area contributed by atoms with Gasteiger partial charge in [-0.25, -0.2) is 0 Å². The topological polar surface area (TPSA) is 81.1 Å². The van der Waals surface area contributed by atoms with Gasteiger partial charge in [0.1, 0.15) is 0 Å². The van der Waals surface area contributed by atoms with Crippen LogP contribution in [0, 0.1) is 0 Å². The van der Waals surface area contributed by atoms with Crippen LogP contribution in [-0.2, 0) is 4.79 Å². The Morgan fingerprint density at radius 2 is 2.17 bits per heavy atom. The molecule has 0 heterocycles. The lowest BCUT2D eigenvalue weighted by molar-refractivity contribution is -0.119. The molecule has 0 aromatic carbocycles. The van der Waals surface area contributed by atoms with Gasteiger partial charge >= 0.3 is 0 Å². The van der Waals surface area contributed by atoms with E-state index in [9.17, 15) is 4.79 Å². The van der Waals surface area contributed by atoms with E-state index in [1.54, 1.807) is 0 Å². The number of ketones is 1. The molecule has 12 heavy (non-hydrogen) atoms. The van der Waals surface area contributed by atoms with E-state index in [0.717, 1.165) is 6.42 Å². The van der Waals surface area contributed by atoms with E-state index in [-0.39, 0.29) is 12.3 Å². The Hall–Kier alpha value is -0.450. The zero-order chi connectivity index (χ0) is 9.56. The predicted molar refractivity (Wildman–Crippen MR) is 49.8 cm³/mol. The van der Waals surface area contributed by atoms with Crippen molar-refractivity contribution in [1.82, 2.24) is 5.32 Å². The average Bonchev–Trinajstić information content (AvgIpc) is 2.11. The maximum atomic E-state index is 11.1. The van der Waals surface area contributed by atoms with Gasteiger partial charge in [-0.2, -0.15) is 0 Å². The highest BCUT2D eigenvalue weighted by Gasteiger charge is 2.11. The second kappa shape index (κ2) is 6.11. The smallest absolute Gasteiger partial charge is 0.164 e. The van der Waals surface area contributed by atoms with Gasteiger partial charge in [-0.1, -0.05) is 6.92 Å². The summed E-state index contributed by atoms with van der Waals surface area (Å²) in [7, 11) is 0. The van der Waals surface area contributed by atoms with Crippen LogP contribution in [0.3, 0.4) is 0 Å². The van der Waals surface area contributed by atoms with Gasteiger partial charge in [0.25, 0.3) is 0 Å². The third kappa shape index (κ3) is 4.43. The zero-order valence-electron chi connectivity index (χ0n) is 7.84. The third-order valence-corrected chi connectivity index (χ3v) is 1.90. The van der Waals surface area contributed by atoms with Crippen molar-refractivity contribution in [1.29, 1.82) is 0 Å². The van der Waals surface area contributed by atoms with Crippen molar-refractivity contribution in [2.45, 2.75) is 32.4 Å². The van der Waals surface area contributed by atoms with Crippen LogP contribution in [0.25, 0.3) is 0 Å².